The molecular formula is C12H21N3. The predicted molar refractivity (Wildman–Crippen MR) is 61.8 cm³/mol. The molecule has 1 aromatic heterocycles. The molecule has 0 amide bonds. The minimum absolute atomic E-state index is 0.343. The van der Waals surface area contributed by atoms with Crippen LogP contribution in [0.3, 0.4) is 0 Å². The van der Waals surface area contributed by atoms with E-state index >= 15 is 0 Å². The molecule has 0 radical (unpaired) electrons. The van der Waals surface area contributed by atoms with Crippen molar-refractivity contribution in [2.75, 3.05) is 6.54 Å². The molecule has 0 spiro atoms. The first-order chi connectivity index (χ1) is 7.19. The van der Waals surface area contributed by atoms with Gasteiger partial charge in [-0.3, -0.25) is 4.68 Å². The summed E-state index contributed by atoms with van der Waals surface area (Å²) >= 11 is 0. The maximum atomic E-state index is 5.73. The SMILES string of the molecule is CC(C)n1nccc1C1(CCN)CCC1. The van der Waals surface area contributed by atoms with Crippen molar-refractivity contribution in [1.29, 1.82) is 0 Å². The summed E-state index contributed by atoms with van der Waals surface area (Å²) < 4.78 is 2.16. The average Bonchev–Trinajstić information content (AvgIpc) is 2.59. The van der Waals surface area contributed by atoms with Crippen LogP contribution in [0, 0.1) is 0 Å². The second kappa shape index (κ2) is 3.97. The van der Waals surface area contributed by atoms with Crippen molar-refractivity contribution < 1.29 is 0 Å². The summed E-state index contributed by atoms with van der Waals surface area (Å²) in [5.41, 5.74) is 7.47. The minimum Gasteiger partial charge on any atom is -0.330 e. The van der Waals surface area contributed by atoms with Gasteiger partial charge in [0.05, 0.1) is 0 Å². The van der Waals surface area contributed by atoms with Crippen molar-refractivity contribution in [2.24, 2.45) is 5.73 Å². The maximum absolute atomic E-state index is 5.73. The highest BCUT2D eigenvalue weighted by Gasteiger charge is 2.40. The summed E-state index contributed by atoms with van der Waals surface area (Å²) in [7, 11) is 0. The Morgan fingerprint density at radius 2 is 2.27 bits per heavy atom. The molecule has 3 nitrogen and oxygen atoms in total. The van der Waals surface area contributed by atoms with Crippen LogP contribution in [0.4, 0.5) is 0 Å². The third-order valence-corrected chi connectivity index (χ3v) is 3.64. The van der Waals surface area contributed by atoms with Crippen LogP contribution in [-0.2, 0) is 5.41 Å². The topological polar surface area (TPSA) is 43.8 Å². The van der Waals surface area contributed by atoms with E-state index in [2.05, 4.69) is 29.7 Å². The highest BCUT2D eigenvalue weighted by Crippen LogP contribution is 2.46. The van der Waals surface area contributed by atoms with E-state index in [0.29, 0.717) is 11.5 Å². The Balaban J connectivity index is 2.30. The van der Waals surface area contributed by atoms with Crippen molar-refractivity contribution in [3.05, 3.63) is 18.0 Å². The molecule has 1 aliphatic carbocycles. The van der Waals surface area contributed by atoms with Gasteiger partial charge < -0.3 is 5.73 Å². The number of hydrogen-bond acceptors (Lipinski definition) is 2. The fraction of sp³-hybridized carbons (Fsp3) is 0.750. The Morgan fingerprint density at radius 1 is 1.53 bits per heavy atom. The van der Waals surface area contributed by atoms with E-state index in [9.17, 15) is 0 Å². The zero-order valence-corrected chi connectivity index (χ0v) is 9.74. The van der Waals surface area contributed by atoms with Gasteiger partial charge in [0.1, 0.15) is 0 Å². The third-order valence-electron chi connectivity index (χ3n) is 3.64. The summed E-state index contributed by atoms with van der Waals surface area (Å²) in [4.78, 5) is 0. The quantitative estimate of drug-likeness (QED) is 0.822. The maximum Gasteiger partial charge on any atom is 0.0492 e. The third kappa shape index (κ3) is 1.69. The zero-order chi connectivity index (χ0) is 10.9. The van der Waals surface area contributed by atoms with Crippen molar-refractivity contribution >= 4 is 0 Å². The molecule has 2 N–H and O–H groups in total. The molecule has 1 fully saturated rings. The number of nitrogens with zero attached hydrogens (tertiary/aromatic N) is 2. The fourth-order valence-electron chi connectivity index (χ4n) is 2.66. The molecule has 1 aliphatic rings. The standard InChI is InChI=1S/C12H21N3/c1-10(2)15-11(4-9-14-15)12(7-8-13)5-3-6-12/h4,9-10H,3,5-8,13H2,1-2H3. The molecule has 0 saturated heterocycles. The lowest BCUT2D eigenvalue weighted by atomic mass is 9.64. The van der Waals surface area contributed by atoms with E-state index < -0.39 is 0 Å². The van der Waals surface area contributed by atoms with Crippen molar-refractivity contribution in [3.63, 3.8) is 0 Å². The van der Waals surface area contributed by atoms with Gasteiger partial charge in [-0.15, -0.1) is 0 Å². The summed E-state index contributed by atoms with van der Waals surface area (Å²) in [6.07, 6.45) is 6.92. The molecule has 3 heteroatoms. The van der Waals surface area contributed by atoms with Crippen molar-refractivity contribution in [3.8, 4) is 0 Å². The first kappa shape index (κ1) is 10.7. The second-order valence-corrected chi connectivity index (χ2v) is 4.93. The van der Waals surface area contributed by atoms with E-state index in [4.69, 9.17) is 5.73 Å². The molecule has 1 saturated carbocycles. The summed E-state index contributed by atoms with van der Waals surface area (Å²) in [6.45, 7) is 5.15. The Labute approximate surface area is 91.7 Å². The first-order valence-corrected chi connectivity index (χ1v) is 5.94. The van der Waals surface area contributed by atoms with Gasteiger partial charge in [0.25, 0.3) is 0 Å². The van der Waals surface area contributed by atoms with Gasteiger partial charge in [-0.25, -0.2) is 0 Å². The molecule has 0 atom stereocenters. The molecule has 0 aliphatic heterocycles. The van der Waals surface area contributed by atoms with E-state index in [0.717, 1.165) is 13.0 Å². The van der Waals surface area contributed by atoms with Crippen LogP contribution in [0.1, 0.15) is 51.3 Å². The highest BCUT2D eigenvalue weighted by atomic mass is 15.3. The Bertz CT molecular complexity index is 323. The van der Waals surface area contributed by atoms with Gasteiger partial charge >= 0.3 is 0 Å². The lowest BCUT2D eigenvalue weighted by Crippen LogP contribution is -2.38. The van der Waals surface area contributed by atoms with Crippen LogP contribution in [0.25, 0.3) is 0 Å². The smallest absolute Gasteiger partial charge is 0.0492 e. The van der Waals surface area contributed by atoms with Crippen molar-refractivity contribution in [1.82, 2.24) is 9.78 Å². The average molecular weight is 207 g/mol. The predicted octanol–water partition coefficient (Wildman–Crippen LogP) is 2.23. The minimum atomic E-state index is 0.343. The molecule has 1 heterocycles. The van der Waals surface area contributed by atoms with Crippen LogP contribution in [0.15, 0.2) is 12.3 Å². The van der Waals surface area contributed by atoms with Crippen molar-refractivity contribution in [2.45, 2.75) is 51.0 Å². The van der Waals surface area contributed by atoms with E-state index in [1.54, 1.807) is 0 Å². The lowest BCUT2D eigenvalue weighted by Gasteiger charge is -2.42. The molecule has 0 unspecified atom stereocenters. The lowest BCUT2D eigenvalue weighted by molar-refractivity contribution is 0.208. The number of hydrogen-bond donors (Lipinski definition) is 1. The monoisotopic (exact) mass is 207 g/mol. The molecule has 0 bridgehead atoms. The van der Waals surface area contributed by atoms with Gasteiger partial charge in [-0.2, -0.15) is 5.10 Å². The summed E-state index contributed by atoms with van der Waals surface area (Å²) in [6, 6.07) is 2.62. The van der Waals surface area contributed by atoms with Crippen LogP contribution >= 0.6 is 0 Å². The van der Waals surface area contributed by atoms with E-state index in [-0.39, 0.29) is 0 Å². The molecule has 2 rings (SSSR count). The van der Waals surface area contributed by atoms with Gasteiger partial charge in [-0.05, 0) is 45.7 Å². The van der Waals surface area contributed by atoms with Gasteiger partial charge in [0, 0.05) is 23.3 Å². The Morgan fingerprint density at radius 3 is 2.73 bits per heavy atom. The summed E-state index contributed by atoms with van der Waals surface area (Å²) in [5, 5.41) is 4.42. The Hall–Kier alpha value is -0.830. The summed E-state index contributed by atoms with van der Waals surface area (Å²) in [5.74, 6) is 0. The van der Waals surface area contributed by atoms with Gasteiger partial charge in [-0.1, -0.05) is 6.42 Å². The number of nitrogens with two attached hydrogens (primary N) is 1. The second-order valence-electron chi connectivity index (χ2n) is 4.93. The van der Waals surface area contributed by atoms with E-state index in [1.165, 1.54) is 25.0 Å². The van der Waals surface area contributed by atoms with Crippen LogP contribution in [0.2, 0.25) is 0 Å². The van der Waals surface area contributed by atoms with E-state index in [1.807, 2.05) is 6.20 Å². The number of aromatic nitrogens is 2. The Kier molecular flexibility index (Phi) is 2.83. The van der Waals surface area contributed by atoms with Crippen LogP contribution < -0.4 is 5.73 Å². The zero-order valence-electron chi connectivity index (χ0n) is 9.74. The first-order valence-electron chi connectivity index (χ1n) is 5.94. The molecule has 84 valence electrons. The van der Waals surface area contributed by atoms with Gasteiger partial charge in [0.2, 0.25) is 0 Å². The molecule has 1 aromatic rings. The molecule has 0 aromatic carbocycles. The van der Waals surface area contributed by atoms with Gasteiger partial charge in [0.15, 0.2) is 0 Å². The van der Waals surface area contributed by atoms with Crippen LogP contribution in [-0.4, -0.2) is 16.3 Å². The molecular weight excluding hydrogens is 186 g/mol. The largest absolute Gasteiger partial charge is 0.330 e. The number of rotatable bonds is 4. The highest BCUT2D eigenvalue weighted by molar-refractivity contribution is 5.20. The van der Waals surface area contributed by atoms with Crippen LogP contribution in [0.5, 0.6) is 0 Å². The molecule has 15 heavy (non-hydrogen) atoms. The fourth-order valence-corrected chi connectivity index (χ4v) is 2.66. The normalized spacial score (nSPS) is 19.2.